The average molecular weight is 316 g/mol. The van der Waals surface area contributed by atoms with Crippen LogP contribution in [-0.4, -0.2) is 35.6 Å². The Hall–Kier alpha value is -0.770. The molecule has 1 amide bonds. The Morgan fingerprint density at radius 2 is 2.10 bits per heavy atom. The Balaban J connectivity index is 1.79. The molecular weight excluding hydrogens is 297 g/mol. The second-order valence-electron chi connectivity index (χ2n) is 5.50. The Morgan fingerprint density at radius 3 is 2.70 bits per heavy atom. The van der Waals surface area contributed by atoms with Crippen LogP contribution >= 0.6 is 23.2 Å². The monoisotopic (exact) mass is 315 g/mol. The fraction of sp³-hybridized carbons (Fsp3) is 0.533. The van der Waals surface area contributed by atoms with Crippen molar-refractivity contribution in [3.63, 3.8) is 0 Å². The van der Waals surface area contributed by atoms with Gasteiger partial charge in [-0.2, -0.15) is 0 Å². The fourth-order valence-electron chi connectivity index (χ4n) is 2.50. The van der Waals surface area contributed by atoms with Crippen molar-refractivity contribution < 1.29 is 9.90 Å². The van der Waals surface area contributed by atoms with Crippen molar-refractivity contribution in [3.8, 4) is 0 Å². The Morgan fingerprint density at radius 1 is 1.40 bits per heavy atom. The van der Waals surface area contributed by atoms with Crippen molar-refractivity contribution in [2.24, 2.45) is 5.92 Å². The number of amides is 1. The summed E-state index contributed by atoms with van der Waals surface area (Å²) in [6, 6.07) is 5.34. The van der Waals surface area contributed by atoms with Gasteiger partial charge < -0.3 is 10.0 Å². The number of aryl methyl sites for hydroxylation is 1. The molecule has 1 aliphatic rings. The summed E-state index contributed by atoms with van der Waals surface area (Å²) in [4.78, 5) is 13.8. The lowest BCUT2D eigenvalue weighted by Crippen LogP contribution is -2.39. The number of benzene rings is 1. The minimum absolute atomic E-state index is 0.109. The predicted molar refractivity (Wildman–Crippen MR) is 81.2 cm³/mol. The molecule has 1 fully saturated rings. The molecule has 0 saturated heterocycles. The Kier molecular flexibility index (Phi) is 5.30. The molecule has 20 heavy (non-hydrogen) atoms. The van der Waals surface area contributed by atoms with E-state index in [2.05, 4.69) is 0 Å². The Labute approximate surface area is 129 Å². The number of nitrogens with zero attached hydrogens (tertiary/aromatic N) is 1. The molecule has 3 nitrogen and oxygen atoms in total. The van der Waals surface area contributed by atoms with E-state index in [0.29, 0.717) is 28.8 Å². The molecule has 0 unspecified atom stereocenters. The number of hydrogen-bond donors (Lipinski definition) is 1. The van der Waals surface area contributed by atoms with E-state index < -0.39 is 0 Å². The molecule has 1 saturated carbocycles. The lowest BCUT2D eigenvalue weighted by atomic mass is 9.82. The van der Waals surface area contributed by atoms with Crippen LogP contribution < -0.4 is 0 Å². The molecule has 0 heterocycles. The van der Waals surface area contributed by atoms with Crippen LogP contribution in [0.1, 0.15) is 24.8 Å². The number of aliphatic hydroxyl groups excluding tert-OH is 1. The van der Waals surface area contributed by atoms with Gasteiger partial charge in [0.25, 0.3) is 0 Å². The summed E-state index contributed by atoms with van der Waals surface area (Å²) in [6.45, 7) is 0.726. The van der Waals surface area contributed by atoms with E-state index in [1.807, 2.05) is 13.1 Å². The molecule has 5 heteroatoms. The van der Waals surface area contributed by atoms with Crippen LogP contribution in [0.25, 0.3) is 0 Å². The number of carbonyl (C=O) groups is 1. The highest BCUT2D eigenvalue weighted by atomic mass is 35.5. The average Bonchev–Trinajstić information content (AvgIpc) is 2.35. The molecule has 2 rings (SSSR count). The highest BCUT2D eigenvalue weighted by Gasteiger charge is 2.28. The van der Waals surface area contributed by atoms with E-state index in [1.54, 1.807) is 17.0 Å². The molecule has 110 valence electrons. The van der Waals surface area contributed by atoms with Crippen molar-refractivity contribution in [1.82, 2.24) is 4.90 Å². The molecule has 0 aliphatic heterocycles. The first-order chi connectivity index (χ1) is 9.45. The third-order valence-corrected chi connectivity index (χ3v) is 4.38. The SMILES string of the molecule is CN(CC1CC(O)C1)C(=O)CCc1ccc(Cl)cc1Cl. The maximum Gasteiger partial charge on any atom is 0.222 e. The summed E-state index contributed by atoms with van der Waals surface area (Å²) < 4.78 is 0. The van der Waals surface area contributed by atoms with Crippen molar-refractivity contribution in [2.45, 2.75) is 31.8 Å². The van der Waals surface area contributed by atoms with Gasteiger partial charge in [0.15, 0.2) is 0 Å². The van der Waals surface area contributed by atoms with E-state index in [1.165, 1.54) is 0 Å². The van der Waals surface area contributed by atoms with E-state index >= 15 is 0 Å². The van der Waals surface area contributed by atoms with Gasteiger partial charge >= 0.3 is 0 Å². The van der Waals surface area contributed by atoms with Crippen LogP contribution in [0.15, 0.2) is 18.2 Å². The quantitative estimate of drug-likeness (QED) is 0.906. The molecule has 0 radical (unpaired) electrons. The van der Waals surface area contributed by atoms with Gasteiger partial charge in [0.2, 0.25) is 5.91 Å². The van der Waals surface area contributed by atoms with Crippen LogP contribution in [0.4, 0.5) is 0 Å². The second-order valence-corrected chi connectivity index (χ2v) is 6.34. The lowest BCUT2D eigenvalue weighted by molar-refractivity contribution is -0.131. The number of aliphatic hydroxyl groups is 1. The molecule has 1 N–H and O–H groups in total. The van der Waals surface area contributed by atoms with Crippen LogP contribution in [0.2, 0.25) is 10.0 Å². The number of carbonyl (C=O) groups excluding carboxylic acids is 1. The molecule has 1 aromatic rings. The van der Waals surface area contributed by atoms with Crippen LogP contribution in [0.5, 0.6) is 0 Å². The maximum absolute atomic E-state index is 12.0. The first-order valence-electron chi connectivity index (χ1n) is 6.81. The Bertz CT molecular complexity index is 487. The molecule has 1 aromatic carbocycles. The van der Waals surface area contributed by atoms with Gasteiger partial charge in [0.1, 0.15) is 0 Å². The van der Waals surface area contributed by atoms with Crippen molar-refractivity contribution in [2.75, 3.05) is 13.6 Å². The topological polar surface area (TPSA) is 40.5 Å². The van der Waals surface area contributed by atoms with Crippen molar-refractivity contribution >= 4 is 29.1 Å². The van der Waals surface area contributed by atoms with Gasteiger partial charge in [-0.05, 0) is 42.9 Å². The molecule has 0 atom stereocenters. The zero-order valence-electron chi connectivity index (χ0n) is 11.5. The summed E-state index contributed by atoms with van der Waals surface area (Å²) in [6.07, 6.45) is 2.50. The second kappa shape index (κ2) is 6.79. The summed E-state index contributed by atoms with van der Waals surface area (Å²) in [5.41, 5.74) is 0.942. The summed E-state index contributed by atoms with van der Waals surface area (Å²) in [5, 5.41) is 10.5. The minimum Gasteiger partial charge on any atom is -0.393 e. The highest BCUT2D eigenvalue weighted by Crippen LogP contribution is 2.28. The van der Waals surface area contributed by atoms with Gasteiger partial charge in [-0.3, -0.25) is 4.79 Å². The summed E-state index contributed by atoms with van der Waals surface area (Å²) in [5.74, 6) is 0.551. The number of hydrogen-bond acceptors (Lipinski definition) is 2. The number of halogens is 2. The predicted octanol–water partition coefficient (Wildman–Crippen LogP) is 3.16. The summed E-state index contributed by atoms with van der Waals surface area (Å²) >= 11 is 11.9. The van der Waals surface area contributed by atoms with E-state index in [-0.39, 0.29) is 12.0 Å². The molecule has 0 aromatic heterocycles. The van der Waals surface area contributed by atoms with Gasteiger partial charge in [-0.25, -0.2) is 0 Å². The first kappa shape index (κ1) is 15.6. The van der Waals surface area contributed by atoms with E-state index in [0.717, 1.165) is 24.9 Å². The third kappa shape index (κ3) is 4.11. The van der Waals surface area contributed by atoms with E-state index in [9.17, 15) is 9.90 Å². The molecule has 0 spiro atoms. The summed E-state index contributed by atoms with van der Waals surface area (Å²) in [7, 11) is 1.82. The first-order valence-corrected chi connectivity index (χ1v) is 7.57. The van der Waals surface area contributed by atoms with Gasteiger partial charge in [0, 0.05) is 30.1 Å². The smallest absolute Gasteiger partial charge is 0.222 e. The minimum atomic E-state index is -0.170. The van der Waals surface area contributed by atoms with Crippen molar-refractivity contribution in [1.29, 1.82) is 0 Å². The van der Waals surface area contributed by atoms with Crippen LogP contribution in [-0.2, 0) is 11.2 Å². The highest BCUT2D eigenvalue weighted by molar-refractivity contribution is 6.35. The lowest BCUT2D eigenvalue weighted by Gasteiger charge is -2.34. The fourth-order valence-corrected chi connectivity index (χ4v) is 3.00. The van der Waals surface area contributed by atoms with E-state index in [4.69, 9.17) is 23.2 Å². The standard InChI is InChI=1S/C15H19Cl2NO2/c1-18(9-10-6-13(19)7-10)15(20)5-3-11-2-4-12(16)8-14(11)17/h2,4,8,10,13,19H,3,5-7,9H2,1H3. The maximum atomic E-state index is 12.0. The van der Waals surface area contributed by atoms with Gasteiger partial charge in [-0.15, -0.1) is 0 Å². The van der Waals surface area contributed by atoms with Gasteiger partial charge in [-0.1, -0.05) is 29.3 Å². The number of rotatable bonds is 5. The normalized spacial score (nSPS) is 21.4. The zero-order valence-corrected chi connectivity index (χ0v) is 13.0. The zero-order chi connectivity index (χ0) is 14.7. The molecule has 0 bridgehead atoms. The molecule has 1 aliphatic carbocycles. The van der Waals surface area contributed by atoms with Gasteiger partial charge in [0.05, 0.1) is 6.10 Å². The molecular formula is C15H19Cl2NO2. The van der Waals surface area contributed by atoms with Crippen LogP contribution in [0, 0.1) is 5.92 Å². The van der Waals surface area contributed by atoms with Crippen molar-refractivity contribution in [3.05, 3.63) is 33.8 Å². The van der Waals surface area contributed by atoms with Crippen LogP contribution in [0.3, 0.4) is 0 Å². The third-order valence-electron chi connectivity index (χ3n) is 3.79. The largest absolute Gasteiger partial charge is 0.393 e.